The summed E-state index contributed by atoms with van der Waals surface area (Å²) in [5.41, 5.74) is 1.15. The Morgan fingerprint density at radius 1 is 1.58 bits per heavy atom. The van der Waals surface area contributed by atoms with Crippen molar-refractivity contribution in [3.8, 4) is 0 Å². The number of guanidine groups is 1. The average Bonchev–Trinajstić information content (AvgIpc) is 3.03. The van der Waals surface area contributed by atoms with Crippen LogP contribution in [0.15, 0.2) is 17.3 Å². The van der Waals surface area contributed by atoms with E-state index in [2.05, 4.69) is 27.0 Å². The Morgan fingerprint density at radius 3 is 3.00 bits per heavy atom. The Bertz CT molecular complexity index is 428. The van der Waals surface area contributed by atoms with E-state index >= 15 is 0 Å². The summed E-state index contributed by atoms with van der Waals surface area (Å²) in [6, 6.07) is 2.56. The number of aryl methyl sites for hydroxylation is 1. The highest BCUT2D eigenvalue weighted by atomic mass is 32.2. The molecule has 1 fully saturated rings. The number of hydrogen-bond acceptors (Lipinski definition) is 3. The number of hydrogen-bond donors (Lipinski definition) is 2. The first-order valence-electron chi connectivity index (χ1n) is 6.69. The van der Waals surface area contributed by atoms with E-state index in [1.165, 1.54) is 19.3 Å². The molecule has 0 spiro atoms. The first-order valence-corrected chi connectivity index (χ1v) is 7.98. The van der Waals surface area contributed by atoms with Crippen molar-refractivity contribution in [1.82, 2.24) is 20.4 Å². The quantitative estimate of drug-likeness (QED) is 0.646. The van der Waals surface area contributed by atoms with Crippen molar-refractivity contribution in [3.05, 3.63) is 18.0 Å². The molecule has 2 unspecified atom stereocenters. The van der Waals surface area contributed by atoms with Crippen LogP contribution in [-0.2, 0) is 13.6 Å². The molecule has 0 radical (unpaired) electrons. The number of nitrogens with zero attached hydrogens (tertiary/aromatic N) is 3. The second-order valence-electron chi connectivity index (χ2n) is 4.88. The van der Waals surface area contributed by atoms with Gasteiger partial charge in [0, 0.05) is 31.6 Å². The van der Waals surface area contributed by atoms with Crippen molar-refractivity contribution in [2.75, 3.05) is 13.3 Å². The SMILES string of the molecule is CN=C(NCc1ccnn1C)NC1CCC(SC)C1. The van der Waals surface area contributed by atoms with Crippen molar-refractivity contribution in [3.63, 3.8) is 0 Å². The smallest absolute Gasteiger partial charge is 0.191 e. The highest BCUT2D eigenvalue weighted by Gasteiger charge is 2.24. The standard InChI is InChI=1S/C13H23N5S/c1-14-13(15-9-11-6-7-16-18(11)2)17-10-4-5-12(8-10)19-3/h6-7,10,12H,4-5,8-9H2,1-3H3,(H2,14,15,17). The third-order valence-corrected chi connectivity index (χ3v) is 4.74. The maximum Gasteiger partial charge on any atom is 0.191 e. The van der Waals surface area contributed by atoms with Crippen LogP contribution >= 0.6 is 11.8 Å². The van der Waals surface area contributed by atoms with Gasteiger partial charge in [-0.1, -0.05) is 0 Å². The Kier molecular flexibility index (Phi) is 5.13. The van der Waals surface area contributed by atoms with Gasteiger partial charge in [0.2, 0.25) is 0 Å². The Hall–Kier alpha value is -1.17. The largest absolute Gasteiger partial charge is 0.354 e. The van der Waals surface area contributed by atoms with Crippen molar-refractivity contribution < 1.29 is 0 Å². The molecule has 1 aromatic rings. The Morgan fingerprint density at radius 2 is 2.42 bits per heavy atom. The molecular formula is C13H23N5S. The Balaban J connectivity index is 1.80. The minimum Gasteiger partial charge on any atom is -0.354 e. The molecule has 0 bridgehead atoms. The Labute approximate surface area is 119 Å². The lowest BCUT2D eigenvalue weighted by molar-refractivity contribution is 0.609. The van der Waals surface area contributed by atoms with E-state index in [1.807, 2.05) is 42.8 Å². The molecule has 0 aromatic carbocycles. The zero-order chi connectivity index (χ0) is 13.7. The first-order chi connectivity index (χ1) is 9.22. The molecule has 1 aliphatic carbocycles. The average molecular weight is 281 g/mol. The van der Waals surface area contributed by atoms with Gasteiger partial charge in [0.15, 0.2) is 5.96 Å². The molecule has 1 heterocycles. The van der Waals surface area contributed by atoms with Gasteiger partial charge in [-0.15, -0.1) is 0 Å². The van der Waals surface area contributed by atoms with Gasteiger partial charge in [-0.25, -0.2) is 0 Å². The number of aromatic nitrogens is 2. The van der Waals surface area contributed by atoms with Crippen LogP contribution in [0.4, 0.5) is 0 Å². The van der Waals surface area contributed by atoms with Crippen molar-refractivity contribution in [1.29, 1.82) is 0 Å². The molecule has 2 rings (SSSR count). The second kappa shape index (κ2) is 6.84. The van der Waals surface area contributed by atoms with Gasteiger partial charge in [0.25, 0.3) is 0 Å². The maximum atomic E-state index is 4.29. The van der Waals surface area contributed by atoms with E-state index in [4.69, 9.17) is 0 Å². The number of thioether (sulfide) groups is 1. The van der Waals surface area contributed by atoms with Gasteiger partial charge in [0.1, 0.15) is 0 Å². The summed E-state index contributed by atoms with van der Waals surface area (Å²) in [5, 5.41) is 11.8. The van der Waals surface area contributed by atoms with Crippen LogP contribution < -0.4 is 10.6 Å². The summed E-state index contributed by atoms with van der Waals surface area (Å²) in [5.74, 6) is 0.882. The number of aliphatic imine (C=N–C) groups is 1. The van der Waals surface area contributed by atoms with E-state index in [9.17, 15) is 0 Å². The summed E-state index contributed by atoms with van der Waals surface area (Å²) in [6.07, 6.45) is 7.78. The van der Waals surface area contributed by atoms with E-state index in [0.29, 0.717) is 6.04 Å². The van der Waals surface area contributed by atoms with Crippen molar-refractivity contribution in [2.24, 2.45) is 12.0 Å². The molecular weight excluding hydrogens is 258 g/mol. The molecule has 5 nitrogen and oxygen atoms in total. The molecule has 0 amide bonds. The normalized spacial score (nSPS) is 23.6. The summed E-state index contributed by atoms with van der Waals surface area (Å²) < 4.78 is 1.87. The lowest BCUT2D eigenvalue weighted by atomic mass is 10.2. The van der Waals surface area contributed by atoms with E-state index < -0.39 is 0 Å². The van der Waals surface area contributed by atoms with Gasteiger partial charge in [-0.05, 0) is 31.6 Å². The van der Waals surface area contributed by atoms with Gasteiger partial charge < -0.3 is 10.6 Å². The van der Waals surface area contributed by atoms with E-state index in [0.717, 1.165) is 23.4 Å². The molecule has 2 atom stereocenters. The highest BCUT2D eigenvalue weighted by molar-refractivity contribution is 7.99. The molecule has 1 saturated carbocycles. The number of rotatable bonds is 4. The topological polar surface area (TPSA) is 54.2 Å². The van der Waals surface area contributed by atoms with Crippen LogP contribution in [-0.4, -0.2) is 40.3 Å². The molecule has 6 heteroatoms. The van der Waals surface area contributed by atoms with Gasteiger partial charge in [0.05, 0.1) is 12.2 Å². The first kappa shape index (κ1) is 14.2. The summed E-state index contributed by atoms with van der Waals surface area (Å²) >= 11 is 1.97. The van der Waals surface area contributed by atoms with E-state index in [-0.39, 0.29) is 0 Å². The third kappa shape index (κ3) is 3.89. The summed E-state index contributed by atoms with van der Waals surface area (Å²) in [4.78, 5) is 4.29. The fourth-order valence-electron chi connectivity index (χ4n) is 2.42. The summed E-state index contributed by atoms with van der Waals surface area (Å²) in [7, 11) is 3.77. The van der Waals surface area contributed by atoms with Crippen LogP contribution in [0.3, 0.4) is 0 Å². The maximum absolute atomic E-state index is 4.29. The van der Waals surface area contributed by atoms with Crippen LogP contribution in [0.2, 0.25) is 0 Å². The molecule has 1 aliphatic rings. The van der Waals surface area contributed by atoms with Gasteiger partial charge >= 0.3 is 0 Å². The lowest BCUT2D eigenvalue weighted by Crippen LogP contribution is -2.42. The van der Waals surface area contributed by atoms with Crippen LogP contribution in [0.1, 0.15) is 25.0 Å². The fraction of sp³-hybridized carbons (Fsp3) is 0.692. The predicted molar refractivity (Wildman–Crippen MR) is 81.5 cm³/mol. The second-order valence-corrected chi connectivity index (χ2v) is 6.02. The van der Waals surface area contributed by atoms with Gasteiger partial charge in [-0.3, -0.25) is 9.67 Å². The van der Waals surface area contributed by atoms with Crippen LogP contribution in [0.5, 0.6) is 0 Å². The minimum atomic E-state index is 0.551. The monoisotopic (exact) mass is 281 g/mol. The zero-order valence-electron chi connectivity index (χ0n) is 11.9. The molecule has 0 aliphatic heterocycles. The molecule has 0 saturated heterocycles. The summed E-state index contributed by atoms with van der Waals surface area (Å²) in [6.45, 7) is 0.745. The predicted octanol–water partition coefficient (Wildman–Crippen LogP) is 1.37. The van der Waals surface area contributed by atoms with E-state index in [1.54, 1.807) is 0 Å². The number of nitrogens with one attached hydrogen (secondary N) is 2. The molecule has 2 N–H and O–H groups in total. The van der Waals surface area contributed by atoms with Crippen LogP contribution in [0, 0.1) is 0 Å². The lowest BCUT2D eigenvalue weighted by Gasteiger charge is -2.17. The van der Waals surface area contributed by atoms with Gasteiger partial charge in [-0.2, -0.15) is 16.9 Å². The van der Waals surface area contributed by atoms with Crippen molar-refractivity contribution in [2.45, 2.75) is 37.1 Å². The molecule has 1 aromatic heterocycles. The zero-order valence-corrected chi connectivity index (χ0v) is 12.7. The highest BCUT2D eigenvalue weighted by Crippen LogP contribution is 2.27. The van der Waals surface area contributed by atoms with Crippen molar-refractivity contribution >= 4 is 17.7 Å². The fourth-order valence-corrected chi connectivity index (χ4v) is 3.22. The third-order valence-electron chi connectivity index (χ3n) is 3.64. The van der Waals surface area contributed by atoms with Crippen LogP contribution in [0.25, 0.3) is 0 Å². The minimum absolute atomic E-state index is 0.551. The molecule has 19 heavy (non-hydrogen) atoms. The molecule has 106 valence electrons.